The van der Waals surface area contributed by atoms with Crippen LogP contribution in [0.4, 0.5) is 17.1 Å². The van der Waals surface area contributed by atoms with Crippen molar-refractivity contribution in [3.63, 3.8) is 0 Å². The summed E-state index contributed by atoms with van der Waals surface area (Å²) in [5, 5.41) is 19.2. The molecule has 2 aliphatic heterocycles. The van der Waals surface area contributed by atoms with Gasteiger partial charge in [-0.25, -0.2) is 0 Å². The summed E-state index contributed by atoms with van der Waals surface area (Å²) in [6.07, 6.45) is 3.46. The summed E-state index contributed by atoms with van der Waals surface area (Å²) in [5.74, 6) is 1.17. The Hall–Kier alpha value is -5.30. The molecule has 5 aromatic rings. The minimum absolute atomic E-state index is 0.00465. The van der Waals surface area contributed by atoms with Crippen LogP contribution < -0.4 is 24.5 Å². The van der Waals surface area contributed by atoms with E-state index in [2.05, 4.69) is 42.5 Å². The number of fused-ring (bicyclic) bond motifs is 2. The van der Waals surface area contributed by atoms with Crippen LogP contribution in [0.5, 0.6) is 11.5 Å². The molecule has 4 atom stereocenters. The summed E-state index contributed by atoms with van der Waals surface area (Å²) in [6, 6.07) is 31.4. The van der Waals surface area contributed by atoms with Crippen LogP contribution in [0, 0.1) is 5.92 Å². The molecule has 2 amide bonds. The van der Waals surface area contributed by atoms with E-state index in [4.69, 9.17) is 14.2 Å². The number of aliphatic hydroxyl groups is 1. The Bertz CT molecular complexity index is 2090. The van der Waals surface area contributed by atoms with E-state index < -0.39 is 13.7 Å². The van der Waals surface area contributed by atoms with Crippen molar-refractivity contribution in [3.8, 4) is 11.5 Å². The number of anilines is 3. The van der Waals surface area contributed by atoms with Crippen molar-refractivity contribution in [1.82, 2.24) is 15.0 Å². The van der Waals surface area contributed by atoms with E-state index in [-0.39, 0.29) is 30.1 Å². The molecule has 11 nitrogen and oxygen atoms in total. The zero-order chi connectivity index (χ0) is 38.0. The van der Waals surface area contributed by atoms with Crippen molar-refractivity contribution in [2.24, 2.45) is 5.92 Å². The SMILES string of the molecule is COc1ccc([Si](C)(C)[C@H]2[C@H](CCn3cc(CCO)nn3)O[C@@]3(C(=O)N(Cc4ccc(N(C=O)c5ccccc5)cc4)c4ccc(OC)cc43)[C@@H]2C)cc1. The van der Waals surface area contributed by atoms with E-state index in [0.717, 1.165) is 46.0 Å². The minimum atomic E-state index is -2.36. The van der Waals surface area contributed by atoms with Gasteiger partial charge in [-0.15, -0.1) is 5.10 Å². The monoisotopic (exact) mass is 745 g/mol. The minimum Gasteiger partial charge on any atom is -0.497 e. The van der Waals surface area contributed by atoms with E-state index in [1.165, 1.54) is 5.19 Å². The molecule has 7 rings (SSSR count). The molecule has 1 aromatic heterocycles. The number of amides is 2. The van der Waals surface area contributed by atoms with Crippen LogP contribution in [0.1, 0.15) is 30.2 Å². The van der Waals surface area contributed by atoms with Gasteiger partial charge in [0.2, 0.25) is 6.41 Å². The van der Waals surface area contributed by atoms with Gasteiger partial charge in [0.1, 0.15) is 11.5 Å². The number of aryl methyl sites for hydroxylation is 1. The molecule has 1 N–H and O–H groups in total. The smallest absolute Gasteiger partial charge is 0.264 e. The van der Waals surface area contributed by atoms with Gasteiger partial charge in [-0.1, -0.05) is 72.9 Å². The number of methoxy groups -OCH3 is 2. The fourth-order valence-electron chi connectivity index (χ4n) is 8.59. The molecule has 0 radical (unpaired) electrons. The summed E-state index contributed by atoms with van der Waals surface area (Å²) in [7, 11) is 0.945. The van der Waals surface area contributed by atoms with Crippen molar-refractivity contribution in [1.29, 1.82) is 0 Å². The molecule has 1 fully saturated rings. The lowest BCUT2D eigenvalue weighted by Gasteiger charge is -2.37. The number of nitrogens with zero attached hydrogens (tertiary/aromatic N) is 5. The number of carbonyl (C=O) groups is 2. The topological polar surface area (TPSA) is 119 Å². The second-order valence-electron chi connectivity index (χ2n) is 14.6. The van der Waals surface area contributed by atoms with Gasteiger partial charge in [-0.2, -0.15) is 0 Å². The fraction of sp³-hybridized carbons (Fsp3) is 0.333. The van der Waals surface area contributed by atoms with Gasteiger partial charge in [0.05, 0.1) is 46.3 Å². The van der Waals surface area contributed by atoms with Crippen LogP contribution >= 0.6 is 0 Å². The number of hydrogen-bond donors (Lipinski definition) is 1. The molecule has 280 valence electrons. The highest BCUT2D eigenvalue weighted by atomic mass is 28.3. The molecule has 0 saturated carbocycles. The number of hydrogen-bond acceptors (Lipinski definition) is 8. The molecule has 54 heavy (non-hydrogen) atoms. The van der Waals surface area contributed by atoms with E-state index in [1.54, 1.807) is 23.8 Å². The lowest BCUT2D eigenvalue weighted by Crippen LogP contribution is -2.51. The summed E-state index contributed by atoms with van der Waals surface area (Å²) in [4.78, 5) is 30.8. The van der Waals surface area contributed by atoms with Crippen LogP contribution in [0.15, 0.2) is 103 Å². The predicted octanol–water partition coefficient (Wildman–Crippen LogP) is 5.98. The average molecular weight is 746 g/mol. The molecule has 12 heteroatoms. The maximum atomic E-state index is 15.2. The maximum absolute atomic E-state index is 15.2. The first kappa shape index (κ1) is 37.0. The molecule has 2 aliphatic rings. The molecule has 0 unspecified atom stereocenters. The average Bonchev–Trinajstić information content (AvgIpc) is 3.84. The Kier molecular flexibility index (Phi) is 10.4. The van der Waals surface area contributed by atoms with E-state index in [0.29, 0.717) is 31.7 Å². The summed E-state index contributed by atoms with van der Waals surface area (Å²) >= 11 is 0. The third-order valence-electron chi connectivity index (χ3n) is 11.3. The van der Waals surface area contributed by atoms with Gasteiger partial charge < -0.3 is 24.2 Å². The van der Waals surface area contributed by atoms with Gasteiger partial charge in [0.25, 0.3) is 5.91 Å². The van der Waals surface area contributed by atoms with Gasteiger partial charge in [0, 0.05) is 48.6 Å². The Balaban J connectivity index is 1.25. The van der Waals surface area contributed by atoms with Crippen molar-refractivity contribution in [3.05, 3.63) is 120 Å². The van der Waals surface area contributed by atoms with Gasteiger partial charge in [-0.05, 0) is 72.1 Å². The summed E-state index contributed by atoms with van der Waals surface area (Å²) in [6.45, 7) is 7.78. The quantitative estimate of drug-likeness (QED) is 0.109. The van der Waals surface area contributed by atoms with Crippen LogP contribution in [-0.4, -0.2) is 67.4 Å². The number of rotatable bonds is 14. The van der Waals surface area contributed by atoms with Crippen molar-refractivity contribution < 1.29 is 28.9 Å². The van der Waals surface area contributed by atoms with Gasteiger partial charge in [0.15, 0.2) is 5.60 Å². The lowest BCUT2D eigenvalue weighted by molar-refractivity contribution is -0.146. The van der Waals surface area contributed by atoms with E-state index >= 15 is 4.79 Å². The number of aromatic nitrogens is 3. The number of para-hydroxylation sites is 1. The molecule has 4 aromatic carbocycles. The normalized spacial score (nSPS) is 20.7. The van der Waals surface area contributed by atoms with Crippen LogP contribution in [-0.2, 0) is 39.4 Å². The largest absolute Gasteiger partial charge is 0.497 e. The molecule has 1 spiro atoms. The number of benzene rings is 4. The molecule has 3 heterocycles. The Morgan fingerprint density at radius 2 is 1.63 bits per heavy atom. The molecular formula is C42H47N5O6Si. The first-order valence-electron chi connectivity index (χ1n) is 18.4. The third kappa shape index (κ3) is 6.58. The molecule has 0 bridgehead atoms. The molecule has 0 aliphatic carbocycles. The number of ether oxygens (including phenoxy) is 3. The fourth-order valence-corrected chi connectivity index (χ4v) is 12.6. The lowest BCUT2D eigenvalue weighted by atomic mass is 9.82. The first-order valence-corrected chi connectivity index (χ1v) is 21.4. The van der Waals surface area contributed by atoms with Crippen LogP contribution in [0.3, 0.4) is 0 Å². The van der Waals surface area contributed by atoms with Gasteiger partial charge >= 0.3 is 0 Å². The summed E-state index contributed by atoms with van der Waals surface area (Å²) in [5.41, 5.74) is 3.55. The second-order valence-corrected chi connectivity index (χ2v) is 19.3. The predicted molar refractivity (Wildman–Crippen MR) is 210 cm³/mol. The van der Waals surface area contributed by atoms with Crippen molar-refractivity contribution >= 4 is 42.6 Å². The Labute approximate surface area is 317 Å². The second kappa shape index (κ2) is 15.2. The number of carbonyl (C=O) groups excluding carboxylic acids is 2. The first-order chi connectivity index (χ1) is 26.1. The zero-order valence-electron chi connectivity index (χ0n) is 31.4. The van der Waals surface area contributed by atoms with Gasteiger partial charge in [-0.3, -0.25) is 19.2 Å². The third-order valence-corrected chi connectivity index (χ3v) is 15.7. The highest BCUT2D eigenvalue weighted by Gasteiger charge is 2.66. The van der Waals surface area contributed by atoms with Crippen molar-refractivity contribution in [2.75, 3.05) is 30.6 Å². The van der Waals surface area contributed by atoms with Crippen LogP contribution in [0.25, 0.3) is 0 Å². The molecule has 1 saturated heterocycles. The maximum Gasteiger partial charge on any atom is 0.264 e. The Morgan fingerprint density at radius 3 is 2.30 bits per heavy atom. The van der Waals surface area contributed by atoms with Crippen LogP contribution in [0.2, 0.25) is 18.6 Å². The zero-order valence-corrected chi connectivity index (χ0v) is 32.4. The van der Waals surface area contributed by atoms with E-state index in [1.807, 2.05) is 96.0 Å². The van der Waals surface area contributed by atoms with E-state index in [9.17, 15) is 9.90 Å². The highest BCUT2D eigenvalue weighted by molar-refractivity contribution is 6.91. The Morgan fingerprint density at radius 1 is 0.944 bits per heavy atom. The summed E-state index contributed by atoms with van der Waals surface area (Å²) < 4.78 is 20.3. The highest BCUT2D eigenvalue weighted by Crippen LogP contribution is 2.60. The standard InChI is InChI=1S/C42H47N5O6Si/c1-29-40(54(4,5)36-18-15-34(51-2)16-19-36)39(21-23-45-27-31(22-24-48)43-44-45)53-42(29)37-25-35(52-3)17-20-38(37)46(41(42)50)26-30-11-13-33(14-12-30)47(28-49)32-9-7-6-8-10-32/h6-20,25,27-29,39-40,48H,21-24,26H2,1-5H3/t29-,39+,40-,42+/m1/s1. The molecular weight excluding hydrogens is 699 g/mol. The van der Waals surface area contributed by atoms with Crippen molar-refractivity contribution in [2.45, 2.75) is 63.2 Å². The number of aliphatic hydroxyl groups excluding tert-OH is 1.